The van der Waals surface area contributed by atoms with E-state index >= 15 is 0 Å². The number of aromatic nitrogens is 3. The number of hydrogen-bond acceptors (Lipinski definition) is 5. The van der Waals surface area contributed by atoms with Crippen molar-refractivity contribution in [3.63, 3.8) is 0 Å². The fourth-order valence-electron chi connectivity index (χ4n) is 3.30. The van der Waals surface area contributed by atoms with Crippen LogP contribution in [0.4, 0.5) is 0 Å². The zero-order chi connectivity index (χ0) is 18.1. The summed E-state index contributed by atoms with van der Waals surface area (Å²) in [5.41, 5.74) is 3.01. The Labute approximate surface area is 146 Å². The topological polar surface area (TPSA) is 83.4 Å². The molecule has 2 aromatic rings. The van der Waals surface area contributed by atoms with Crippen molar-refractivity contribution in [3.8, 4) is 0 Å². The number of aryl methyl sites for hydroxylation is 3. The molecule has 0 spiro atoms. The van der Waals surface area contributed by atoms with Crippen LogP contribution in [0.25, 0.3) is 11.0 Å². The van der Waals surface area contributed by atoms with Crippen molar-refractivity contribution in [2.24, 2.45) is 7.05 Å². The molecule has 2 amide bonds. The molecule has 1 aliphatic heterocycles. The fourth-order valence-corrected chi connectivity index (χ4v) is 3.30. The first-order valence-corrected chi connectivity index (χ1v) is 8.44. The Morgan fingerprint density at radius 1 is 1.20 bits per heavy atom. The van der Waals surface area contributed by atoms with E-state index in [4.69, 9.17) is 0 Å². The SMILES string of the molecule is CNC(=O)CN1CCN(C(=O)c2cc(C)nc3c2c(C)nn3C)CC1. The first-order chi connectivity index (χ1) is 11.9. The van der Waals surface area contributed by atoms with Crippen LogP contribution in [0.5, 0.6) is 0 Å². The Hall–Kier alpha value is -2.48. The molecular weight excluding hydrogens is 320 g/mol. The lowest BCUT2D eigenvalue weighted by atomic mass is 10.1. The van der Waals surface area contributed by atoms with Gasteiger partial charge in [0, 0.05) is 46.0 Å². The van der Waals surface area contributed by atoms with Crippen LogP contribution in [0.15, 0.2) is 6.07 Å². The normalized spacial score (nSPS) is 15.6. The van der Waals surface area contributed by atoms with Crippen LogP contribution in [0.1, 0.15) is 21.7 Å². The van der Waals surface area contributed by atoms with E-state index in [1.165, 1.54) is 0 Å². The van der Waals surface area contributed by atoms with E-state index < -0.39 is 0 Å². The van der Waals surface area contributed by atoms with E-state index in [0.29, 0.717) is 38.3 Å². The molecule has 1 fully saturated rings. The number of carbonyl (C=O) groups excluding carboxylic acids is 2. The third kappa shape index (κ3) is 3.34. The second-order valence-electron chi connectivity index (χ2n) is 6.46. The quantitative estimate of drug-likeness (QED) is 0.853. The molecule has 0 unspecified atom stereocenters. The van der Waals surface area contributed by atoms with E-state index in [2.05, 4.69) is 20.3 Å². The summed E-state index contributed by atoms with van der Waals surface area (Å²) in [5, 5.41) is 7.86. The first-order valence-electron chi connectivity index (χ1n) is 8.44. The van der Waals surface area contributed by atoms with E-state index in [-0.39, 0.29) is 11.8 Å². The molecule has 0 aliphatic carbocycles. The van der Waals surface area contributed by atoms with Crippen LogP contribution in [-0.4, -0.2) is 76.2 Å². The number of carbonyl (C=O) groups is 2. The molecule has 3 heterocycles. The van der Waals surface area contributed by atoms with E-state index in [1.807, 2.05) is 31.9 Å². The minimum Gasteiger partial charge on any atom is -0.358 e. The van der Waals surface area contributed by atoms with Crippen molar-refractivity contribution in [2.45, 2.75) is 13.8 Å². The monoisotopic (exact) mass is 344 g/mol. The molecule has 8 heteroatoms. The largest absolute Gasteiger partial charge is 0.358 e. The zero-order valence-corrected chi connectivity index (χ0v) is 15.2. The minimum absolute atomic E-state index is 0.00257. The van der Waals surface area contributed by atoms with Gasteiger partial charge < -0.3 is 10.2 Å². The highest BCUT2D eigenvalue weighted by Gasteiger charge is 2.26. The van der Waals surface area contributed by atoms with Crippen LogP contribution in [0.3, 0.4) is 0 Å². The van der Waals surface area contributed by atoms with E-state index in [1.54, 1.807) is 11.7 Å². The molecule has 25 heavy (non-hydrogen) atoms. The molecule has 2 aromatic heterocycles. The summed E-state index contributed by atoms with van der Waals surface area (Å²) >= 11 is 0. The smallest absolute Gasteiger partial charge is 0.254 e. The maximum atomic E-state index is 13.1. The number of hydrogen-bond donors (Lipinski definition) is 1. The predicted octanol–water partition coefficient (Wildman–Crippen LogP) is 0.0889. The summed E-state index contributed by atoms with van der Waals surface area (Å²) in [4.78, 5) is 33.0. The number of amides is 2. The van der Waals surface area contributed by atoms with Gasteiger partial charge in [-0.15, -0.1) is 0 Å². The number of piperazine rings is 1. The molecule has 1 N–H and O–H groups in total. The molecule has 134 valence electrons. The van der Waals surface area contributed by atoms with Gasteiger partial charge in [-0.05, 0) is 19.9 Å². The maximum absolute atomic E-state index is 13.1. The third-order valence-electron chi connectivity index (χ3n) is 4.63. The molecule has 1 saturated heterocycles. The van der Waals surface area contributed by atoms with Crippen molar-refractivity contribution in [2.75, 3.05) is 39.8 Å². The Morgan fingerprint density at radius 2 is 1.88 bits per heavy atom. The van der Waals surface area contributed by atoms with Gasteiger partial charge in [-0.25, -0.2) is 4.98 Å². The molecule has 0 aromatic carbocycles. The molecule has 0 bridgehead atoms. The van der Waals surface area contributed by atoms with Crippen molar-refractivity contribution in [1.82, 2.24) is 29.9 Å². The Balaban J connectivity index is 1.81. The molecule has 3 rings (SSSR count). The number of pyridine rings is 1. The Kier molecular flexibility index (Phi) is 4.71. The first kappa shape index (κ1) is 17.3. The Morgan fingerprint density at radius 3 is 2.52 bits per heavy atom. The van der Waals surface area contributed by atoms with Crippen molar-refractivity contribution < 1.29 is 9.59 Å². The highest BCUT2D eigenvalue weighted by molar-refractivity contribution is 6.06. The minimum atomic E-state index is -0.00257. The average molecular weight is 344 g/mol. The molecule has 0 saturated carbocycles. The van der Waals surface area contributed by atoms with Gasteiger partial charge in [-0.3, -0.25) is 19.2 Å². The molecule has 8 nitrogen and oxygen atoms in total. The lowest BCUT2D eigenvalue weighted by molar-refractivity contribution is -0.122. The summed E-state index contributed by atoms with van der Waals surface area (Å²) in [6, 6.07) is 1.84. The average Bonchev–Trinajstić information content (AvgIpc) is 2.88. The van der Waals surface area contributed by atoms with Crippen LogP contribution in [-0.2, 0) is 11.8 Å². The number of fused-ring (bicyclic) bond motifs is 1. The van der Waals surface area contributed by atoms with E-state index in [0.717, 1.165) is 22.4 Å². The Bertz CT molecular complexity index is 820. The summed E-state index contributed by atoms with van der Waals surface area (Å²) in [6.45, 7) is 6.77. The summed E-state index contributed by atoms with van der Waals surface area (Å²) in [7, 11) is 3.48. The second kappa shape index (κ2) is 6.79. The maximum Gasteiger partial charge on any atom is 0.254 e. The van der Waals surface area contributed by atoms with Crippen molar-refractivity contribution in [3.05, 3.63) is 23.0 Å². The molecular formula is C17H24N6O2. The lowest BCUT2D eigenvalue weighted by Gasteiger charge is -2.34. The summed E-state index contributed by atoms with van der Waals surface area (Å²) in [5.74, 6) is 0.00317. The van der Waals surface area contributed by atoms with Gasteiger partial charge in [0.1, 0.15) is 0 Å². The van der Waals surface area contributed by atoms with Crippen LogP contribution >= 0.6 is 0 Å². The number of likely N-dealkylation sites (N-methyl/N-ethyl adjacent to an activating group) is 1. The van der Waals surface area contributed by atoms with Crippen LogP contribution < -0.4 is 5.32 Å². The molecule has 0 atom stereocenters. The van der Waals surface area contributed by atoms with Crippen molar-refractivity contribution >= 4 is 22.8 Å². The van der Waals surface area contributed by atoms with Gasteiger partial charge >= 0.3 is 0 Å². The van der Waals surface area contributed by atoms with Gasteiger partial charge in [0.2, 0.25) is 5.91 Å². The standard InChI is InChI=1S/C17H24N6O2/c1-11-9-13(15-12(2)20-21(4)16(15)19-11)17(25)23-7-5-22(6-8-23)10-14(24)18-3/h9H,5-8,10H2,1-4H3,(H,18,24). The third-order valence-corrected chi connectivity index (χ3v) is 4.63. The van der Waals surface area contributed by atoms with Crippen LogP contribution in [0, 0.1) is 13.8 Å². The molecule has 0 radical (unpaired) electrons. The number of nitrogens with one attached hydrogen (secondary N) is 1. The second-order valence-corrected chi connectivity index (χ2v) is 6.46. The van der Waals surface area contributed by atoms with Gasteiger partial charge in [0.15, 0.2) is 5.65 Å². The van der Waals surface area contributed by atoms with Gasteiger partial charge in [0.05, 0.1) is 23.2 Å². The molecule has 1 aliphatic rings. The number of rotatable bonds is 3. The highest BCUT2D eigenvalue weighted by Crippen LogP contribution is 2.23. The zero-order valence-electron chi connectivity index (χ0n) is 15.2. The van der Waals surface area contributed by atoms with Crippen LogP contribution in [0.2, 0.25) is 0 Å². The van der Waals surface area contributed by atoms with Gasteiger partial charge in [-0.2, -0.15) is 5.10 Å². The lowest BCUT2D eigenvalue weighted by Crippen LogP contribution is -2.50. The predicted molar refractivity (Wildman–Crippen MR) is 94.4 cm³/mol. The summed E-state index contributed by atoms with van der Waals surface area (Å²) < 4.78 is 1.72. The van der Waals surface area contributed by atoms with Crippen molar-refractivity contribution in [1.29, 1.82) is 0 Å². The number of nitrogens with zero attached hydrogens (tertiary/aromatic N) is 5. The van der Waals surface area contributed by atoms with Gasteiger partial charge in [0.25, 0.3) is 5.91 Å². The van der Waals surface area contributed by atoms with Gasteiger partial charge in [-0.1, -0.05) is 0 Å². The fraction of sp³-hybridized carbons (Fsp3) is 0.529. The van der Waals surface area contributed by atoms with E-state index in [9.17, 15) is 9.59 Å². The summed E-state index contributed by atoms with van der Waals surface area (Å²) in [6.07, 6.45) is 0. The highest BCUT2D eigenvalue weighted by atomic mass is 16.2.